The van der Waals surface area contributed by atoms with Crippen LogP contribution in [0.25, 0.3) is 32.9 Å². The summed E-state index contributed by atoms with van der Waals surface area (Å²) < 4.78 is 26.5. The summed E-state index contributed by atoms with van der Waals surface area (Å²) in [4.78, 5) is 6.28. The van der Waals surface area contributed by atoms with Crippen LogP contribution in [0.3, 0.4) is 0 Å². The number of fused-ring (bicyclic) bond motifs is 2. The first-order chi connectivity index (χ1) is 19.5. The minimum atomic E-state index is -2.26. The molecule has 6 nitrogen and oxygen atoms in total. The molecule has 0 aliphatic rings. The molecule has 0 saturated heterocycles. The number of rotatable bonds is 8. The molecule has 0 radical (unpaired) electrons. The van der Waals surface area contributed by atoms with Gasteiger partial charge in [0.2, 0.25) is 5.75 Å². The third kappa shape index (κ3) is 5.26. The summed E-state index contributed by atoms with van der Waals surface area (Å²) in [6.45, 7) is 11.2. The van der Waals surface area contributed by atoms with E-state index in [4.69, 9.17) is 23.6 Å². The maximum atomic E-state index is 7.03. The molecule has 0 atom stereocenters. The second-order valence-corrected chi connectivity index (χ2v) is 17.4. The predicted octanol–water partition coefficient (Wildman–Crippen LogP) is 8.95. The smallest absolute Gasteiger partial charge is 0.250 e. The van der Waals surface area contributed by atoms with E-state index in [9.17, 15) is 0 Å². The van der Waals surface area contributed by atoms with Gasteiger partial charge >= 0.3 is 0 Å². The van der Waals surface area contributed by atoms with Crippen molar-refractivity contribution in [1.82, 2.24) is 9.55 Å². The Morgan fingerprint density at radius 3 is 2.07 bits per heavy atom. The molecular weight excluding hydrogens is 549 g/mol. The van der Waals surface area contributed by atoms with Crippen LogP contribution in [0.4, 0.5) is 0 Å². The fraction of sp³-hybridized carbons (Fsp3) is 0.303. The molecule has 4 aromatic carbocycles. The average molecular weight is 587 g/mol. The highest BCUT2D eigenvalue weighted by molar-refractivity contribution is 7.99. The van der Waals surface area contributed by atoms with Gasteiger partial charge in [0.05, 0.1) is 32.4 Å². The van der Waals surface area contributed by atoms with Crippen LogP contribution in [0.15, 0.2) is 76.8 Å². The number of ether oxygens (including phenoxy) is 3. The third-order valence-electron chi connectivity index (χ3n) is 8.03. The van der Waals surface area contributed by atoms with E-state index in [0.29, 0.717) is 17.2 Å². The van der Waals surface area contributed by atoms with E-state index >= 15 is 0 Å². The highest BCUT2D eigenvalue weighted by Gasteiger charge is 2.40. The molecule has 214 valence electrons. The van der Waals surface area contributed by atoms with E-state index in [2.05, 4.69) is 81.9 Å². The summed E-state index contributed by atoms with van der Waals surface area (Å²) in [7, 11) is 4.83. The minimum Gasteiger partial charge on any atom is -0.541 e. The number of hydrogen-bond acceptors (Lipinski definition) is 6. The molecular formula is C33H38N2O4SSi. The summed E-state index contributed by atoms with van der Waals surface area (Å²) in [6.07, 6.45) is 0. The van der Waals surface area contributed by atoms with Gasteiger partial charge in [0, 0.05) is 22.9 Å². The maximum absolute atomic E-state index is 7.03. The van der Waals surface area contributed by atoms with E-state index in [0.717, 1.165) is 48.7 Å². The van der Waals surface area contributed by atoms with E-state index in [1.54, 1.807) is 33.1 Å². The number of aromatic nitrogens is 2. The molecule has 5 aromatic rings. The number of benzene rings is 4. The van der Waals surface area contributed by atoms with Crippen molar-refractivity contribution in [2.45, 2.75) is 49.0 Å². The number of methoxy groups -OCH3 is 3. The van der Waals surface area contributed by atoms with Crippen molar-refractivity contribution < 1.29 is 18.6 Å². The summed E-state index contributed by atoms with van der Waals surface area (Å²) in [5.74, 6) is 2.73. The van der Waals surface area contributed by atoms with E-state index in [-0.39, 0.29) is 5.04 Å². The van der Waals surface area contributed by atoms with Gasteiger partial charge in [-0.2, -0.15) is 0 Å². The molecule has 0 bridgehead atoms. The summed E-state index contributed by atoms with van der Waals surface area (Å²) in [5.41, 5.74) is 4.02. The molecule has 0 unspecified atom stereocenters. The Labute approximate surface area is 247 Å². The van der Waals surface area contributed by atoms with Gasteiger partial charge in [-0.3, -0.25) is 0 Å². The van der Waals surface area contributed by atoms with Crippen LogP contribution in [0.5, 0.6) is 23.0 Å². The van der Waals surface area contributed by atoms with Crippen molar-refractivity contribution >= 4 is 41.9 Å². The Kier molecular flexibility index (Phi) is 7.74. The standard InChI is InChI=1S/C33H38N2O4SSi/c1-33(2,3)41(8,9)39-30-25-19-26-29(35(4)32(34-26)40-23-13-11-10-12-14-23)28(21-15-17-22(36-5)18-16-21)24(25)20-27(37-6)31(30)38-7/h10-20H,1-9H3. The quantitative estimate of drug-likeness (QED) is 0.169. The fourth-order valence-corrected chi connectivity index (χ4v) is 6.63. The molecule has 8 heteroatoms. The van der Waals surface area contributed by atoms with Gasteiger partial charge in [-0.25, -0.2) is 4.98 Å². The molecule has 41 heavy (non-hydrogen) atoms. The molecule has 1 heterocycles. The lowest BCUT2D eigenvalue weighted by atomic mass is 9.95. The minimum absolute atomic E-state index is 0.0131. The van der Waals surface area contributed by atoms with Gasteiger partial charge in [-0.15, -0.1) is 0 Å². The maximum Gasteiger partial charge on any atom is 0.250 e. The van der Waals surface area contributed by atoms with Crippen LogP contribution < -0.4 is 18.6 Å². The van der Waals surface area contributed by atoms with Crippen molar-refractivity contribution in [2.24, 2.45) is 7.05 Å². The Bertz CT molecular complexity index is 1710. The lowest BCUT2D eigenvalue weighted by Crippen LogP contribution is -2.44. The van der Waals surface area contributed by atoms with Crippen molar-refractivity contribution in [2.75, 3.05) is 21.3 Å². The predicted molar refractivity (Wildman–Crippen MR) is 172 cm³/mol. The zero-order valence-corrected chi connectivity index (χ0v) is 27.1. The molecule has 0 aliphatic carbocycles. The SMILES string of the molecule is COc1ccc(-c2c3cc(OC)c(OC)c(O[Si](C)(C)C(C)(C)C)c3cc3nc(Sc4ccccc4)n(C)c23)cc1. The molecule has 0 spiro atoms. The molecule has 0 N–H and O–H groups in total. The summed E-state index contributed by atoms with van der Waals surface area (Å²) >= 11 is 1.65. The Balaban J connectivity index is 1.89. The molecule has 5 rings (SSSR count). The highest BCUT2D eigenvalue weighted by atomic mass is 32.2. The van der Waals surface area contributed by atoms with Gasteiger partial charge in [0.1, 0.15) is 5.75 Å². The monoisotopic (exact) mass is 586 g/mol. The lowest BCUT2D eigenvalue weighted by molar-refractivity contribution is 0.342. The topological polar surface area (TPSA) is 54.7 Å². The first-order valence-corrected chi connectivity index (χ1v) is 17.4. The van der Waals surface area contributed by atoms with Gasteiger partial charge in [-0.05, 0) is 65.5 Å². The zero-order valence-electron chi connectivity index (χ0n) is 25.3. The normalized spacial score (nSPS) is 12.1. The Morgan fingerprint density at radius 2 is 1.49 bits per heavy atom. The van der Waals surface area contributed by atoms with Crippen LogP contribution in [-0.2, 0) is 7.05 Å². The van der Waals surface area contributed by atoms with Crippen molar-refractivity contribution in [3.05, 3.63) is 66.7 Å². The van der Waals surface area contributed by atoms with Crippen molar-refractivity contribution in [3.8, 4) is 34.1 Å². The van der Waals surface area contributed by atoms with E-state index in [1.165, 1.54) is 0 Å². The number of hydrogen-bond donors (Lipinski definition) is 0. The van der Waals surface area contributed by atoms with Crippen LogP contribution in [-0.4, -0.2) is 39.2 Å². The molecule has 0 fully saturated rings. The van der Waals surface area contributed by atoms with Crippen molar-refractivity contribution in [1.29, 1.82) is 0 Å². The molecule has 0 saturated carbocycles. The molecule has 0 amide bonds. The fourth-order valence-electron chi connectivity index (χ4n) is 4.73. The summed E-state index contributed by atoms with van der Waals surface area (Å²) in [6, 6.07) is 22.7. The van der Waals surface area contributed by atoms with Crippen LogP contribution >= 0.6 is 11.8 Å². The molecule has 1 aromatic heterocycles. The largest absolute Gasteiger partial charge is 0.541 e. The van der Waals surface area contributed by atoms with E-state index in [1.807, 2.05) is 30.3 Å². The Hall–Kier alpha value is -3.62. The van der Waals surface area contributed by atoms with Crippen molar-refractivity contribution in [3.63, 3.8) is 0 Å². The van der Waals surface area contributed by atoms with E-state index < -0.39 is 8.32 Å². The Morgan fingerprint density at radius 1 is 0.805 bits per heavy atom. The number of aryl methyl sites for hydroxylation is 1. The number of nitrogens with zero attached hydrogens (tertiary/aromatic N) is 2. The van der Waals surface area contributed by atoms with Crippen LogP contribution in [0.1, 0.15) is 20.8 Å². The van der Waals surface area contributed by atoms with Gasteiger partial charge in [0.15, 0.2) is 16.7 Å². The first-order valence-electron chi connectivity index (χ1n) is 13.6. The van der Waals surface area contributed by atoms with Gasteiger partial charge in [0.25, 0.3) is 8.32 Å². The van der Waals surface area contributed by atoms with Gasteiger partial charge in [-0.1, -0.05) is 62.9 Å². The summed E-state index contributed by atoms with van der Waals surface area (Å²) in [5, 5.41) is 2.84. The molecule has 0 aliphatic heterocycles. The lowest BCUT2D eigenvalue weighted by Gasteiger charge is -2.37. The third-order valence-corrected chi connectivity index (χ3v) is 13.4. The second kappa shape index (κ2) is 11.0. The van der Waals surface area contributed by atoms with Gasteiger partial charge < -0.3 is 23.2 Å². The second-order valence-electron chi connectivity index (χ2n) is 11.6. The van der Waals surface area contributed by atoms with Crippen LogP contribution in [0, 0.1) is 0 Å². The zero-order chi connectivity index (χ0) is 29.5. The number of imidazole rings is 1. The highest BCUT2D eigenvalue weighted by Crippen LogP contribution is 2.51. The average Bonchev–Trinajstić information content (AvgIpc) is 3.25. The van der Waals surface area contributed by atoms with Crippen LogP contribution in [0.2, 0.25) is 18.1 Å². The first kappa shape index (κ1) is 28.9.